The van der Waals surface area contributed by atoms with E-state index in [1.54, 1.807) is 23.1 Å². The maximum Gasteiger partial charge on any atom is 0.254 e. The molecule has 7 nitrogen and oxygen atoms in total. The SMILES string of the molecule is CC(=O)Nc1cc(C(=O)N2CCN(S(=O)(=O)c3ccc(Cl)cc3)CC2)ccc1C. The van der Waals surface area contributed by atoms with Crippen LogP contribution in [0.2, 0.25) is 5.02 Å². The van der Waals surface area contributed by atoms with Gasteiger partial charge in [0.2, 0.25) is 15.9 Å². The topological polar surface area (TPSA) is 86.8 Å². The number of anilines is 1. The molecule has 2 aromatic carbocycles. The quantitative estimate of drug-likeness (QED) is 0.799. The first-order valence-electron chi connectivity index (χ1n) is 9.12. The Bertz CT molecular complexity index is 1030. The normalized spacial score (nSPS) is 15.2. The molecule has 0 unspecified atom stereocenters. The van der Waals surface area contributed by atoms with E-state index >= 15 is 0 Å². The summed E-state index contributed by atoms with van der Waals surface area (Å²) in [4.78, 5) is 26.0. The van der Waals surface area contributed by atoms with Crippen molar-refractivity contribution in [3.8, 4) is 0 Å². The van der Waals surface area contributed by atoms with Crippen LogP contribution in [0.3, 0.4) is 0 Å². The number of benzene rings is 2. The Morgan fingerprint density at radius 2 is 1.62 bits per heavy atom. The van der Waals surface area contributed by atoms with E-state index < -0.39 is 10.0 Å². The van der Waals surface area contributed by atoms with Crippen molar-refractivity contribution < 1.29 is 18.0 Å². The summed E-state index contributed by atoms with van der Waals surface area (Å²) in [5.41, 5.74) is 1.90. The summed E-state index contributed by atoms with van der Waals surface area (Å²) in [7, 11) is -3.63. The lowest BCUT2D eigenvalue weighted by atomic mass is 10.1. The smallest absolute Gasteiger partial charge is 0.254 e. The van der Waals surface area contributed by atoms with Gasteiger partial charge in [-0.1, -0.05) is 17.7 Å². The lowest BCUT2D eigenvalue weighted by Crippen LogP contribution is -2.50. The number of hydrogen-bond donors (Lipinski definition) is 1. The largest absolute Gasteiger partial charge is 0.336 e. The maximum absolute atomic E-state index is 12.8. The Balaban J connectivity index is 1.70. The van der Waals surface area contributed by atoms with Gasteiger partial charge < -0.3 is 10.2 Å². The second-order valence-electron chi connectivity index (χ2n) is 6.86. The van der Waals surface area contributed by atoms with Gasteiger partial charge in [-0.2, -0.15) is 4.31 Å². The van der Waals surface area contributed by atoms with Gasteiger partial charge in [-0.3, -0.25) is 9.59 Å². The number of nitrogens with one attached hydrogen (secondary N) is 1. The molecule has 0 saturated carbocycles. The van der Waals surface area contributed by atoms with E-state index in [0.29, 0.717) is 16.3 Å². The van der Waals surface area contributed by atoms with Crippen LogP contribution in [0.4, 0.5) is 5.69 Å². The first kappa shape index (κ1) is 21.3. The van der Waals surface area contributed by atoms with Crippen molar-refractivity contribution in [2.75, 3.05) is 31.5 Å². The van der Waals surface area contributed by atoms with E-state index in [1.807, 2.05) is 6.92 Å². The lowest BCUT2D eigenvalue weighted by molar-refractivity contribution is -0.114. The van der Waals surface area contributed by atoms with Crippen LogP contribution in [0.5, 0.6) is 0 Å². The molecule has 0 spiro atoms. The van der Waals surface area contributed by atoms with Crippen molar-refractivity contribution in [3.05, 3.63) is 58.6 Å². The highest BCUT2D eigenvalue weighted by molar-refractivity contribution is 7.89. The molecular formula is C20H22ClN3O4S. The monoisotopic (exact) mass is 435 g/mol. The molecule has 29 heavy (non-hydrogen) atoms. The molecule has 1 heterocycles. The van der Waals surface area contributed by atoms with Crippen molar-refractivity contribution in [3.63, 3.8) is 0 Å². The minimum atomic E-state index is -3.63. The molecule has 2 aromatic rings. The van der Waals surface area contributed by atoms with Gasteiger partial charge >= 0.3 is 0 Å². The van der Waals surface area contributed by atoms with Crippen LogP contribution in [0.15, 0.2) is 47.4 Å². The summed E-state index contributed by atoms with van der Waals surface area (Å²) in [5, 5.41) is 3.18. The van der Waals surface area contributed by atoms with Crippen molar-refractivity contribution in [2.45, 2.75) is 18.7 Å². The van der Waals surface area contributed by atoms with E-state index in [1.165, 1.54) is 35.5 Å². The van der Waals surface area contributed by atoms with Crippen molar-refractivity contribution in [1.82, 2.24) is 9.21 Å². The van der Waals surface area contributed by atoms with Crippen LogP contribution in [-0.4, -0.2) is 55.6 Å². The minimum absolute atomic E-state index is 0.181. The van der Waals surface area contributed by atoms with E-state index in [-0.39, 0.29) is 42.9 Å². The predicted molar refractivity (Wildman–Crippen MR) is 112 cm³/mol. The molecule has 0 radical (unpaired) electrons. The highest BCUT2D eigenvalue weighted by atomic mass is 35.5. The molecule has 1 aliphatic heterocycles. The maximum atomic E-state index is 12.8. The number of sulfonamides is 1. The number of hydrogen-bond acceptors (Lipinski definition) is 4. The molecular weight excluding hydrogens is 414 g/mol. The van der Waals surface area contributed by atoms with Crippen LogP contribution in [-0.2, 0) is 14.8 Å². The number of aryl methyl sites for hydroxylation is 1. The molecule has 0 bridgehead atoms. The van der Waals surface area contributed by atoms with E-state index in [9.17, 15) is 18.0 Å². The van der Waals surface area contributed by atoms with Crippen molar-refractivity contribution in [2.24, 2.45) is 0 Å². The third kappa shape index (κ3) is 4.77. The Morgan fingerprint density at radius 3 is 2.21 bits per heavy atom. The first-order chi connectivity index (χ1) is 13.7. The molecule has 154 valence electrons. The number of rotatable bonds is 4. The zero-order valence-corrected chi connectivity index (χ0v) is 17.8. The molecule has 2 amide bonds. The lowest BCUT2D eigenvalue weighted by Gasteiger charge is -2.34. The summed E-state index contributed by atoms with van der Waals surface area (Å²) in [6.45, 7) is 4.25. The fraction of sp³-hybridized carbons (Fsp3) is 0.300. The van der Waals surface area contributed by atoms with Crippen LogP contribution < -0.4 is 5.32 Å². The zero-order valence-electron chi connectivity index (χ0n) is 16.2. The molecule has 9 heteroatoms. The summed E-state index contributed by atoms with van der Waals surface area (Å²) in [6, 6.07) is 11.2. The predicted octanol–water partition coefficient (Wildman–Crippen LogP) is 2.75. The van der Waals surface area contributed by atoms with Gasteiger partial charge in [0.25, 0.3) is 5.91 Å². The van der Waals surface area contributed by atoms with Crippen molar-refractivity contribution >= 4 is 39.1 Å². The van der Waals surface area contributed by atoms with Gasteiger partial charge in [0, 0.05) is 49.4 Å². The molecule has 1 fully saturated rings. The summed E-state index contributed by atoms with van der Waals surface area (Å²) in [5.74, 6) is -0.404. The average molecular weight is 436 g/mol. The number of carbonyl (C=O) groups excluding carboxylic acids is 2. The highest BCUT2D eigenvalue weighted by Gasteiger charge is 2.30. The van der Waals surface area contributed by atoms with Gasteiger partial charge in [0.05, 0.1) is 4.90 Å². The van der Waals surface area contributed by atoms with Crippen LogP contribution in [0.25, 0.3) is 0 Å². The average Bonchev–Trinajstić information content (AvgIpc) is 2.69. The molecule has 0 aliphatic carbocycles. The highest BCUT2D eigenvalue weighted by Crippen LogP contribution is 2.22. The molecule has 0 atom stereocenters. The number of carbonyl (C=O) groups is 2. The van der Waals surface area contributed by atoms with Gasteiger partial charge in [0.1, 0.15) is 0 Å². The first-order valence-corrected chi connectivity index (χ1v) is 10.9. The van der Waals surface area contributed by atoms with Gasteiger partial charge in [-0.25, -0.2) is 8.42 Å². The Kier molecular flexibility index (Phi) is 6.26. The Morgan fingerprint density at radius 1 is 1.00 bits per heavy atom. The third-order valence-corrected chi connectivity index (χ3v) is 6.94. The van der Waals surface area contributed by atoms with E-state index in [0.717, 1.165) is 5.56 Å². The Hall–Kier alpha value is -2.42. The van der Waals surface area contributed by atoms with Crippen molar-refractivity contribution in [1.29, 1.82) is 0 Å². The summed E-state index contributed by atoms with van der Waals surface area (Å²) < 4.78 is 26.9. The van der Waals surface area contributed by atoms with Gasteiger partial charge in [0.15, 0.2) is 0 Å². The number of amides is 2. The number of halogens is 1. The van der Waals surface area contributed by atoms with Crippen LogP contribution in [0.1, 0.15) is 22.8 Å². The molecule has 1 aliphatic rings. The number of piperazine rings is 1. The zero-order chi connectivity index (χ0) is 21.2. The molecule has 0 aromatic heterocycles. The number of nitrogens with zero attached hydrogens (tertiary/aromatic N) is 2. The second-order valence-corrected chi connectivity index (χ2v) is 9.24. The summed E-state index contributed by atoms with van der Waals surface area (Å²) >= 11 is 5.83. The fourth-order valence-electron chi connectivity index (χ4n) is 3.15. The molecule has 1 N–H and O–H groups in total. The minimum Gasteiger partial charge on any atom is -0.336 e. The third-order valence-electron chi connectivity index (χ3n) is 4.77. The van der Waals surface area contributed by atoms with Gasteiger partial charge in [-0.05, 0) is 48.9 Å². The van der Waals surface area contributed by atoms with Gasteiger partial charge in [-0.15, -0.1) is 0 Å². The second kappa shape index (κ2) is 8.52. The van der Waals surface area contributed by atoms with Crippen LogP contribution >= 0.6 is 11.6 Å². The molecule has 3 rings (SSSR count). The standard InChI is InChI=1S/C20H22ClN3O4S/c1-14-3-4-16(13-19(14)22-15(2)25)20(26)23-9-11-24(12-10-23)29(27,28)18-7-5-17(21)6-8-18/h3-8,13H,9-12H2,1-2H3,(H,22,25). The van der Waals surface area contributed by atoms with Crippen LogP contribution in [0, 0.1) is 6.92 Å². The summed E-state index contributed by atoms with van der Waals surface area (Å²) in [6.07, 6.45) is 0. The van der Waals surface area contributed by atoms with E-state index in [4.69, 9.17) is 11.6 Å². The fourth-order valence-corrected chi connectivity index (χ4v) is 4.70. The Labute approximate surface area is 175 Å². The molecule has 1 saturated heterocycles. The van der Waals surface area contributed by atoms with E-state index in [2.05, 4.69) is 5.32 Å².